The molecule has 0 bridgehead atoms. The van der Waals surface area contributed by atoms with Crippen molar-refractivity contribution in [3.05, 3.63) is 0 Å². The van der Waals surface area contributed by atoms with Crippen LogP contribution in [0.3, 0.4) is 0 Å². The van der Waals surface area contributed by atoms with Crippen molar-refractivity contribution in [3.8, 4) is 0 Å². The normalized spacial score (nSPS) is 15.0. The third kappa shape index (κ3) is 19.5. The predicted octanol–water partition coefficient (Wildman–Crippen LogP) is 5.90. The van der Waals surface area contributed by atoms with Gasteiger partial charge in [-0.1, -0.05) is 0 Å². The number of hydrogen-bond acceptors (Lipinski definition) is 9. The highest BCUT2D eigenvalue weighted by Crippen LogP contribution is 2.29. The summed E-state index contributed by atoms with van der Waals surface area (Å²) in [6.45, 7) is 34.9. The van der Waals surface area contributed by atoms with Crippen LogP contribution in [0.2, 0.25) is 111 Å². The Bertz CT molecular complexity index is 704. The second kappa shape index (κ2) is 15.2. The summed E-state index contributed by atoms with van der Waals surface area (Å²) in [5.74, 6) is 0. The van der Waals surface area contributed by atoms with E-state index in [0.29, 0.717) is 13.2 Å². The Morgan fingerprint density at radius 2 is 0.842 bits per heavy atom. The van der Waals surface area contributed by atoms with E-state index in [1.165, 1.54) is 0 Å². The largest absolute Gasteiger partial charge is 0.440 e. The summed E-state index contributed by atoms with van der Waals surface area (Å²) in [7, 11) is -18.0. The van der Waals surface area contributed by atoms with E-state index in [1.807, 2.05) is 0 Å². The molecule has 0 saturated heterocycles. The molecule has 0 fully saturated rings. The molecule has 0 aromatic rings. The molecule has 0 unspecified atom stereocenters. The lowest BCUT2D eigenvalue weighted by atomic mass is 10.5. The number of ether oxygens (including phenoxy) is 1. The molecule has 0 aliphatic carbocycles. The van der Waals surface area contributed by atoms with Gasteiger partial charge in [0.15, 0.2) is 17.4 Å². The van der Waals surface area contributed by atoms with Crippen LogP contribution in [0.15, 0.2) is 0 Å². The maximum Gasteiger partial charge on any atom is 0.314 e. The van der Waals surface area contributed by atoms with E-state index in [9.17, 15) is 0 Å². The first-order valence-electron chi connectivity index (χ1n) is 13.8. The Morgan fingerprint density at radius 3 is 1.18 bits per heavy atom. The molecule has 9 nitrogen and oxygen atoms in total. The van der Waals surface area contributed by atoms with E-state index in [-0.39, 0.29) is 6.61 Å². The summed E-state index contributed by atoms with van der Waals surface area (Å²) in [6.07, 6.45) is 0.920. The number of aliphatic hydroxyl groups excluding tert-OH is 1. The molecule has 0 atom stereocenters. The summed E-state index contributed by atoms with van der Waals surface area (Å²) in [6, 6.07) is 0.980. The first kappa shape index (κ1) is 39.4. The molecule has 0 spiro atoms. The minimum atomic E-state index is -2.58. The minimum Gasteiger partial charge on any atom is -0.440 e. The van der Waals surface area contributed by atoms with Crippen LogP contribution in [0.5, 0.6) is 0 Å². The van der Waals surface area contributed by atoms with Crippen LogP contribution in [-0.2, 0) is 33.5 Å². The Balaban J connectivity index is 5.15. The Labute approximate surface area is 243 Å². The third-order valence-electron chi connectivity index (χ3n) is 4.80. The molecule has 1 N–H and O–H groups in total. The minimum absolute atomic E-state index is 0.0573. The Morgan fingerprint density at radius 1 is 0.500 bits per heavy atom. The van der Waals surface area contributed by atoms with Gasteiger partial charge >= 0.3 is 51.4 Å². The topological polar surface area (TPSA) is 94.1 Å². The maximum absolute atomic E-state index is 8.87. The predicted molar refractivity (Wildman–Crippen MR) is 176 cm³/mol. The quantitative estimate of drug-likeness (QED) is 0.125. The van der Waals surface area contributed by atoms with Crippen LogP contribution in [0.4, 0.5) is 0 Å². The SMILES string of the molecule is C[SiH](C)O[Si](C)(C)O[Si](C)(C)O[Si](C)(C)O[Si](C)(C)O[Si](C)(C)O[Si](C)(C)O[Si](C)(C)CCCOCCO. The molecule has 0 aromatic carbocycles. The first-order valence-corrected chi connectivity index (χ1v) is 36.6. The standard InChI is InChI=1S/C21H60O9Si8/c1-31(2)24-33(5,6)26-35(9,10)28-37(13,14)30-38(15,16)29-36(11,12)27-34(7,8)25-32(3,4)21-17-19-23-20-18-22/h22,31H,17-21H2,1-16H3. The number of hydrogen-bond donors (Lipinski definition) is 1. The lowest BCUT2D eigenvalue weighted by Gasteiger charge is -2.43. The van der Waals surface area contributed by atoms with Gasteiger partial charge in [-0.25, -0.2) is 0 Å². The van der Waals surface area contributed by atoms with E-state index in [2.05, 4.69) is 105 Å². The molecule has 0 saturated carbocycles. The van der Waals surface area contributed by atoms with Crippen LogP contribution in [-0.4, -0.2) is 93.7 Å². The summed E-state index contributed by atoms with van der Waals surface area (Å²) in [4.78, 5) is 0. The first-order chi connectivity index (χ1) is 16.7. The van der Waals surface area contributed by atoms with Crippen molar-refractivity contribution in [3.63, 3.8) is 0 Å². The smallest absolute Gasteiger partial charge is 0.314 e. The molecule has 17 heteroatoms. The highest BCUT2D eigenvalue weighted by Gasteiger charge is 2.48. The van der Waals surface area contributed by atoms with Gasteiger partial charge in [-0.3, -0.25) is 0 Å². The Hall–Kier alpha value is 1.38. The van der Waals surface area contributed by atoms with Crippen LogP contribution in [0.1, 0.15) is 6.42 Å². The average Bonchev–Trinajstić information content (AvgIpc) is 2.52. The van der Waals surface area contributed by atoms with Crippen molar-refractivity contribution in [2.75, 3.05) is 19.8 Å². The van der Waals surface area contributed by atoms with Crippen molar-refractivity contribution in [1.82, 2.24) is 0 Å². The molecule has 230 valence electrons. The zero-order valence-electron chi connectivity index (χ0n) is 27.3. The molecular weight excluding hydrogens is 621 g/mol. The maximum atomic E-state index is 8.87. The summed E-state index contributed by atoms with van der Waals surface area (Å²) >= 11 is 0. The van der Waals surface area contributed by atoms with E-state index in [4.69, 9.17) is 38.6 Å². The monoisotopic (exact) mass is 680 g/mol. The van der Waals surface area contributed by atoms with Gasteiger partial charge in [-0.2, -0.15) is 0 Å². The van der Waals surface area contributed by atoms with Gasteiger partial charge in [0.2, 0.25) is 0 Å². The van der Waals surface area contributed by atoms with Crippen molar-refractivity contribution < 1.29 is 38.6 Å². The zero-order valence-corrected chi connectivity index (χ0v) is 35.5. The molecule has 0 rings (SSSR count). The van der Waals surface area contributed by atoms with Crippen LogP contribution in [0, 0.1) is 0 Å². The van der Waals surface area contributed by atoms with Crippen molar-refractivity contribution in [2.45, 2.75) is 117 Å². The van der Waals surface area contributed by atoms with Crippen LogP contribution >= 0.6 is 0 Å². The average molecular weight is 681 g/mol. The molecule has 0 amide bonds. The molecule has 0 aromatic heterocycles. The molecule has 0 radical (unpaired) electrons. The van der Waals surface area contributed by atoms with Crippen molar-refractivity contribution in [1.29, 1.82) is 0 Å². The highest BCUT2D eigenvalue weighted by atomic mass is 28.5. The van der Waals surface area contributed by atoms with Gasteiger partial charge in [-0.15, -0.1) is 0 Å². The van der Waals surface area contributed by atoms with Crippen molar-refractivity contribution >= 4 is 68.7 Å². The van der Waals surface area contributed by atoms with Gasteiger partial charge in [0, 0.05) is 6.61 Å². The number of rotatable bonds is 20. The van der Waals surface area contributed by atoms with E-state index in [0.717, 1.165) is 12.5 Å². The van der Waals surface area contributed by atoms with Gasteiger partial charge in [0.1, 0.15) is 0 Å². The molecule has 0 aliphatic heterocycles. The van der Waals surface area contributed by atoms with Gasteiger partial charge in [0.05, 0.1) is 13.2 Å². The van der Waals surface area contributed by atoms with Crippen LogP contribution in [0.25, 0.3) is 0 Å². The Kier molecular flexibility index (Phi) is 15.8. The molecule has 38 heavy (non-hydrogen) atoms. The van der Waals surface area contributed by atoms with Gasteiger partial charge in [-0.05, 0) is 117 Å². The fourth-order valence-electron chi connectivity index (χ4n) is 5.14. The fraction of sp³-hybridized carbons (Fsp3) is 1.00. The third-order valence-corrected chi connectivity index (χ3v) is 34.4. The lowest BCUT2D eigenvalue weighted by Crippen LogP contribution is -2.61. The summed E-state index contributed by atoms with van der Waals surface area (Å²) < 4.78 is 51.4. The highest BCUT2D eigenvalue weighted by molar-refractivity contribution is 6.91. The second-order valence-corrected chi connectivity index (χ2v) is 42.1. The lowest BCUT2D eigenvalue weighted by molar-refractivity contribution is 0.0923. The summed E-state index contributed by atoms with van der Waals surface area (Å²) in [5, 5.41) is 8.87. The zero-order chi connectivity index (χ0) is 30.3. The summed E-state index contributed by atoms with van der Waals surface area (Å²) in [5.41, 5.74) is 0. The van der Waals surface area contributed by atoms with Crippen LogP contribution < -0.4 is 0 Å². The van der Waals surface area contributed by atoms with E-state index >= 15 is 0 Å². The molecule has 0 heterocycles. The van der Waals surface area contributed by atoms with E-state index in [1.54, 1.807) is 0 Å². The molecule has 0 aliphatic rings. The number of aliphatic hydroxyl groups is 1. The van der Waals surface area contributed by atoms with E-state index < -0.39 is 68.7 Å². The van der Waals surface area contributed by atoms with Crippen molar-refractivity contribution in [2.24, 2.45) is 0 Å². The fourth-order valence-corrected chi connectivity index (χ4v) is 43.4. The van der Waals surface area contributed by atoms with Gasteiger partial charge in [0.25, 0.3) is 0 Å². The molecular formula is C21H60O9Si8. The van der Waals surface area contributed by atoms with Gasteiger partial charge < -0.3 is 38.6 Å². The second-order valence-electron chi connectivity index (χ2n) is 13.4.